The van der Waals surface area contributed by atoms with Crippen LogP contribution in [0.4, 0.5) is 0 Å². The number of allylic oxidation sites excluding steroid dienone is 7. The van der Waals surface area contributed by atoms with Gasteiger partial charge in [0.25, 0.3) is 0 Å². The molecule has 0 radical (unpaired) electrons. The fraction of sp³-hybridized carbons (Fsp3) is 0.200. The first-order valence-electron chi connectivity index (χ1n) is 3.82. The van der Waals surface area contributed by atoms with Crippen LogP contribution in [0.5, 0.6) is 0 Å². The predicted molar refractivity (Wildman–Crippen MR) is 49.8 cm³/mol. The molecule has 0 saturated heterocycles. The Kier molecular flexibility index (Phi) is 1.81. The van der Waals surface area contributed by atoms with E-state index in [0.717, 1.165) is 17.2 Å². The minimum Gasteiger partial charge on any atom is -0.497 e. The molecule has 62 valence electrons. The summed E-state index contributed by atoms with van der Waals surface area (Å²) >= 11 is 5.89. The molecular weight excluding hydrogens is 172 g/mol. The van der Waals surface area contributed by atoms with E-state index in [0.29, 0.717) is 0 Å². The van der Waals surface area contributed by atoms with Crippen LogP contribution in [0.2, 0.25) is 0 Å². The van der Waals surface area contributed by atoms with Crippen molar-refractivity contribution in [2.75, 3.05) is 7.11 Å². The SMILES string of the molecule is COC1=CC2=CC=C(Cl)CC2=C1. The fourth-order valence-corrected chi connectivity index (χ4v) is 1.60. The van der Waals surface area contributed by atoms with Crippen molar-refractivity contribution >= 4 is 11.6 Å². The van der Waals surface area contributed by atoms with Gasteiger partial charge in [0, 0.05) is 11.5 Å². The summed E-state index contributed by atoms with van der Waals surface area (Å²) in [5.41, 5.74) is 2.47. The van der Waals surface area contributed by atoms with E-state index < -0.39 is 0 Å². The van der Waals surface area contributed by atoms with Gasteiger partial charge in [0.2, 0.25) is 0 Å². The molecule has 0 aromatic carbocycles. The summed E-state index contributed by atoms with van der Waals surface area (Å²) in [6.45, 7) is 0. The lowest BCUT2D eigenvalue weighted by molar-refractivity contribution is 0.308. The molecule has 0 saturated carbocycles. The van der Waals surface area contributed by atoms with Gasteiger partial charge in [-0.15, -0.1) is 0 Å². The number of hydrogen-bond donors (Lipinski definition) is 0. The summed E-state index contributed by atoms with van der Waals surface area (Å²) in [6, 6.07) is 0. The summed E-state index contributed by atoms with van der Waals surface area (Å²) in [6.07, 6.45) is 8.83. The second-order valence-corrected chi connectivity index (χ2v) is 3.32. The average molecular weight is 181 g/mol. The Bertz CT molecular complexity index is 332. The smallest absolute Gasteiger partial charge is 0.119 e. The molecule has 12 heavy (non-hydrogen) atoms. The van der Waals surface area contributed by atoms with Crippen LogP contribution in [0.15, 0.2) is 46.2 Å². The van der Waals surface area contributed by atoms with Gasteiger partial charge >= 0.3 is 0 Å². The molecule has 0 bridgehead atoms. The summed E-state index contributed by atoms with van der Waals surface area (Å²) in [4.78, 5) is 0. The number of rotatable bonds is 1. The molecule has 0 fully saturated rings. The Morgan fingerprint density at radius 2 is 2.17 bits per heavy atom. The van der Waals surface area contributed by atoms with Gasteiger partial charge in [0.15, 0.2) is 0 Å². The van der Waals surface area contributed by atoms with Crippen molar-refractivity contribution in [3.63, 3.8) is 0 Å². The molecule has 0 amide bonds. The molecule has 0 aromatic heterocycles. The minimum atomic E-state index is 0.830. The molecule has 1 nitrogen and oxygen atoms in total. The van der Waals surface area contributed by atoms with Gasteiger partial charge in [-0.2, -0.15) is 0 Å². The van der Waals surface area contributed by atoms with Crippen molar-refractivity contribution in [1.82, 2.24) is 0 Å². The number of hydrogen-bond acceptors (Lipinski definition) is 1. The largest absolute Gasteiger partial charge is 0.497 e. The van der Waals surface area contributed by atoms with Gasteiger partial charge in [-0.3, -0.25) is 0 Å². The van der Waals surface area contributed by atoms with E-state index in [1.165, 1.54) is 11.1 Å². The Hall–Kier alpha value is -0.950. The topological polar surface area (TPSA) is 9.23 Å². The van der Waals surface area contributed by atoms with Gasteiger partial charge in [0.1, 0.15) is 5.76 Å². The molecule has 0 unspecified atom stereocenters. The molecular formula is C10H9ClO. The Morgan fingerprint density at radius 3 is 2.92 bits per heavy atom. The lowest BCUT2D eigenvalue weighted by Gasteiger charge is -2.07. The molecule has 0 N–H and O–H groups in total. The predicted octanol–water partition coefficient (Wildman–Crippen LogP) is 2.91. The van der Waals surface area contributed by atoms with Crippen molar-refractivity contribution < 1.29 is 4.74 Å². The highest BCUT2D eigenvalue weighted by Crippen LogP contribution is 2.33. The van der Waals surface area contributed by atoms with Gasteiger partial charge in [-0.05, 0) is 29.4 Å². The van der Waals surface area contributed by atoms with Crippen LogP contribution in [-0.4, -0.2) is 7.11 Å². The maximum Gasteiger partial charge on any atom is 0.119 e. The zero-order valence-electron chi connectivity index (χ0n) is 6.80. The lowest BCUT2D eigenvalue weighted by Crippen LogP contribution is -1.88. The number of fused-ring (bicyclic) bond motifs is 1. The summed E-state index contributed by atoms with van der Waals surface area (Å²) in [5, 5.41) is 0.885. The molecule has 0 atom stereocenters. The Balaban J connectivity index is 2.32. The first-order chi connectivity index (χ1) is 5.79. The standard InChI is InChI=1S/C10H9ClO/c1-12-10-5-7-2-3-9(11)4-8(7)6-10/h2-3,5-6H,4H2,1H3. The highest BCUT2D eigenvalue weighted by Gasteiger charge is 2.15. The maximum atomic E-state index is 5.89. The van der Waals surface area contributed by atoms with Gasteiger partial charge in [0.05, 0.1) is 7.11 Å². The number of ether oxygens (including phenoxy) is 1. The quantitative estimate of drug-likeness (QED) is 0.603. The fourth-order valence-electron chi connectivity index (χ4n) is 1.39. The molecule has 2 heteroatoms. The van der Waals surface area contributed by atoms with Crippen LogP contribution in [-0.2, 0) is 4.74 Å². The second kappa shape index (κ2) is 2.83. The monoisotopic (exact) mass is 180 g/mol. The highest BCUT2D eigenvalue weighted by atomic mass is 35.5. The minimum absolute atomic E-state index is 0.830. The van der Waals surface area contributed by atoms with Crippen LogP contribution in [0.1, 0.15) is 6.42 Å². The van der Waals surface area contributed by atoms with Crippen LogP contribution < -0.4 is 0 Å². The molecule has 0 spiro atoms. The third-order valence-electron chi connectivity index (χ3n) is 2.02. The van der Waals surface area contributed by atoms with Crippen molar-refractivity contribution in [1.29, 1.82) is 0 Å². The Morgan fingerprint density at radius 1 is 1.33 bits per heavy atom. The van der Waals surface area contributed by atoms with Gasteiger partial charge in [-0.1, -0.05) is 17.7 Å². The molecule has 0 heterocycles. The van der Waals surface area contributed by atoms with E-state index in [-0.39, 0.29) is 0 Å². The third kappa shape index (κ3) is 1.21. The third-order valence-corrected chi connectivity index (χ3v) is 2.28. The van der Waals surface area contributed by atoms with Crippen LogP contribution >= 0.6 is 11.6 Å². The summed E-state index contributed by atoms with van der Waals surface area (Å²) < 4.78 is 5.12. The first kappa shape index (κ1) is 7.69. The maximum absolute atomic E-state index is 5.89. The zero-order chi connectivity index (χ0) is 8.55. The van der Waals surface area contributed by atoms with Crippen molar-refractivity contribution in [2.24, 2.45) is 0 Å². The van der Waals surface area contributed by atoms with E-state index >= 15 is 0 Å². The highest BCUT2D eigenvalue weighted by molar-refractivity contribution is 6.30. The van der Waals surface area contributed by atoms with Gasteiger partial charge in [-0.25, -0.2) is 0 Å². The molecule has 0 aromatic rings. The summed E-state index contributed by atoms with van der Waals surface area (Å²) in [5.74, 6) is 0.913. The molecule has 2 rings (SSSR count). The van der Waals surface area contributed by atoms with E-state index in [9.17, 15) is 0 Å². The van der Waals surface area contributed by atoms with E-state index in [1.807, 2.05) is 24.3 Å². The Labute approximate surface area is 76.7 Å². The number of halogens is 1. The van der Waals surface area contributed by atoms with Crippen molar-refractivity contribution in [3.05, 3.63) is 46.2 Å². The van der Waals surface area contributed by atoms with Crippen LogP contribution in [0.3, 0.4) is 0 Å². The zero-order valence-corrected chi connectivity index (χ0v) is 7.56. The van der Waals surface area contributed by atoms with Crippen LogP contribution in [0.25, 0.3) is 0 Å². The molecule has 0 aliphatic heterocycles. The van der Waals surface area contributed by atoms with E-state index in [4.69, 9.17) is 16.3 Å². The van der Waals surface area contributed by atoms with E-state index in [2.05, 4.69) is 0 Å². The normalized spacial score (nSPS) is 20.5. The first-order valence-corrected chi connectivity index (χ1v) is 4.20. The van der Waals surface area contributed by atoms with E-state index in [1.54, 1.807) is 7.11 Å². The van der Waals surface area contributed by atoms with Gasteiger partial charge < -0.3 is 4.74 Å². The average Bonchev–Trinajstić information content (AvgIpc) is 2.46. The molecule has 2 aliphatic rings. The van der Waals surface area contributed by atoms with Crippen molar-refractivity contribution in [3.8, 4) is 0 Å². The second-order valence-electron chi connectivity index (χ2n) is 2.83. The summed E-state index contributed by atoms with van der Waals surface area (Å²) in [7, 11) is 1.68. The molecule has 2 aliphatic carbocycles. The lowest BCUT2D eigenvalue weighted by atomic mass is 10.0. The van der Waals surface area contributed by atoms with Crippen LogP contribution in [0, 0.1) is 0 Å². The van der Waals surface area contributed by atoms with Crippen molar-refractivity contribution in [2.45, 2.75) is 6.42 Å². The number of methoxy groups -OCH3 is 1.